The number of tetrazole rings is 1. The van der Waals surface area contributed by atoms with E-state index in [4.69, 9.17) is 5.73 Å². The maximum atomic E-state index is 12.3. The Bertz CT molecular complexity index is 545. The fourth-order valence-electron chi connectivity index (χ4n) is 1.70. The van der Waals surface area contributed by atoms with Gasteiger partial charge in [0.15, 0.2) is 5.82 Å². The Morgan fingerprint density at radius 2 is 2.11 bits per heavy atom. The van der Waals surface area contributed by atoms with Gasteiger partial charge in [0.05, 0.1) is 7.05 Å². The van der Waals surface area contributed by atoms with Gasteiger partial charge in [0.25, 0.3) is 0 Å². The molecule has 0 saturated heterocycles. The van der Waals surface area contributed by atoms with Crippen LogP contribution in [-0.2, 0) is 13.5 Å². The zero-order valence-electron chi connectivity index (χ0n) is 10.2. The summed E-state index contributed by atoms with van der Waals surface area (Å²) in [5, 5.41) is 11.5. The number of aryl methyl sites for hydroxylation is 1. The molecule has 1 aromatic carbocycles. The van der Waals surface area contributed by atoms with Gasteiger partial charge in [-0.05, 0) is 11.3 Å². The Morgan fingerprint density at radius 1 is 1.37 bits per heavy atom. The lowest BCUT2D eigenvalue weighted by Crippen LogP contribution is -2.16. The van der Waals surface area contributed by atoms with Crippen molar-refractivity contribution < 1.29 is 13.5 Å². The van der Waals surface area contributed by atoms with Crippen molar-refractivity contribution >= 4 is 0 Å². The molecular formula is C11H13F2N5O. The Labute approximate surface area is 108 Å². The Balaban J connectivity index is 2.16. The average molecular weight is 269 g/mol. The van der Waals surface area contributed by atoms with Crippen LogP contribution >= 0.6 is 0 Å². The molecular weight excluding hydrogens is 256 g/mol. The molecule has 0 saturated carbocycles. The molecule has 0 amide bonds. The van der Waals surface area contributed by atoms with Gasteiger partial charge in [-0.1, -0.05) is 18.2 Å². The minimum absolute atomic E-state index is 0.0638. The van der Waals surface area contributed by atoms with Gasteiger partial charge in [0.2, 0.25) is 0 Å². The molecule has 19 heavy (non-hydrogen) atoms. The summed E-state index contributed by atoms with van der Waals surface area (Å²) >= 11 is 0. The van der Waals surface area contributed by atoms with E-state index in [1.54, 1.807) is 25.2 Å². The van der Waals surface area contributed by atoms with Crippen molar-refractivity contribution in [3.63, 3.8) is 0 Å². The first-order chi connectivity index (χ1) is 9.06. The van der Waals surface area contributed by atoms with Gasteiger partial charge in [0, 0.05) is 18.0 Å². The summed E-state index contributed by atoms with van der Waals surface area (Å²) in [6, 6.07) is 5.86. The minimum atomic E-state index is -2.89. The first-order valence-corrected chi connectivity index (χ1v) is 5.58. The highest BCUT2D eigenvalue weighted by Crippen LogP contribution is 2.26. The third-order valence-electron chi connectivity index (χ3n) is 2.49. The number of alkyl halides is 2. The molecule has 1 aromatic heterocycles. The Morgan fingerprint density at radius 3 is 2.74 bits per heavy atom. The molecule has 0 fully saturated rings. The molecule has 0 radical (unpaired) electrons. The van der Waals surface area contributed by atoms with Crippen LogP contribution < -0.4 is 10.5 Å². The summed E-state index contributed by atoms with van der Waals surface area (Å²) in [6.07, 6.45) is 0.289. The third-order valence-corrected chi connectivity index (χ3v) is 2.49. The van der Waals surface area contributed by atoms with Crippen molar-refractivity contribution in [3.8, 4) is 5.75 Å². The van der Waals surface area contributed by atoms with Gasteiger partial charge >= 0.3 is 6.61 Å². The van der Waals surface area contributed by atoms with E-state index in [1.807, 2.05) is 0 Å². The van der Waals surface area contributed by atoms with Gasteiger partial charge in [-0.15, -0.1) is 10.2 Å². The van der Waals surface area contributed by atoms with Crippen molar-refractivity contribution in [1.82, 2.24) is 20.2 Å². The number of hydrogen-bond acceptors (Lipinski definition) is 5. The van der Waals surface area contributed by atoms with Gasteiger partial charge in [0.1, 0.15) is 5.75 Å². The Hall–Kier alpha value is -2.09. The van der Waals surface area contributed by atoms with Crippen LogP contribution in [0.3, 0.4) is 0 Å². The highest BCUT2D eigenvalue weighted by molar-refractivity contribution is 5.36. The smallest absolute Gasteiger partial charge is 0.387 e. The second kappa shape index (κ2) is 5.70. The molecule has 6 nitrogen and oxygen atoms in total. The lowest BCUT2D eigenvalue weighted by Gasteiger charge is -2.15. The van der Waals surface area contributed by atoms with E-state index < -0.39 is 12.7 Å². The minimum Gasteiger partial charge on any atom is -0.434 e. The predicted octanol–water partition coefficient (Wildman–Crippen LogP) is 1.05. The summed E-state index contributed by atoms with van der Waals surface area (Å²) < 4.78 is 29.0. The highest BCUT2D eigenvalue weighted by Gasteiger charge is 2.17. The van der Waals surface area contributed by atoms with Crippen LogP contribution in [0.15, 0.2) is 24.3 Å². The van der Waals surface area contributed by atoms with E-state index >= 15 is 0 Å². The number of rotatable bonds is 5. The summed E-state index contributed by atoms with van der Waals surface area (Å²) in [5.41, 5.74) is 6.45. The summed E-state index contributed by atoms with van der Waals surface area (Å²) in [5.74, 6) is 0.510. The van der Waals surface area contributed by atoms with Crippen LogP contribution in [0.25, 0.3) is 0 Å². The van der Waals surface area contributed by atoms with E-state index in [2.05, 4.69) is 20.1 Å². The largest absolute Gasteiger partial charge is 0.434 e. The number of nitrogens with zero attached hydrogens (tertiary/aromatic N) is 4. The number of hydrogen-bond donors (Lipinski definition) is 1. The van der Waals surface area contributed by atoms with Crippen molar-refractivity contribution in [1.29, 1.82) is 0 Å². The maximum absolute atomic E-state index is 12.3. The van der Waals surface area contributed by atoms with E-state index in [-0.39, 0.29) is 12.2 Å². The highest BCUT2D eigenvalue weighted by atomic mass is 19.3. The van der Waals surface area contributed by atoms with Crippen molar-refractivity contribution in [2.45, 2.75) is 19.1 Å². The summed E-state index contributed by atoms with van der Waals surface area (Å²) in [6.45, 7) is -2.89. The zero-order valence-corrected chi connectivity index (χ0v) is 10.2. The fourth-order valence-corrected chi connectivity index (χ4v) is 1.70. The van der Waals surface area contributed by atoms with Crippen molar-refractivity contribution in [2.75, 3.05) is 0 Å². The molecule has 2 aromatic rings. The monoisotopic (exact) mass is 269 g/mol. The SMILES string of the molecule is Cn1nnc(CC(N)c2ccccc2OC(F)F)n1. The molecule has 0 aliphatic heterocycles. The van der Waals surface area contributed by atoms with Crippen molar-refractivity contribution in [2.24, 2.45) is 12.8 Å². The number of aromatic nitrogens is 4. The van der Waals surface area contributed by atoms with E-state index in [9.17, 15) is 8.78 Å². The molecule has 0 aliphatic rings. The molecule has 1 atom stereocenters. The topological polar surface area (TPSA) is 78.9 Å². The van der Waals surface area contributed by atoms with Gasteiger partial charge in [-0.25, -0.2) is 0 Å². The van der Waals surface area contributed by atoms with Gasteiger partial charge in [-0.3, -0.25) is 0 Å². The second-order valence-electron chi connectivity index (χ2n) is 3.92. The first kappa shape index (κ1) is 13.3. The zero-order chi connectivity index (χ0) is 13.8. The van der Waals surface area contributed by atoms with Crippen LogP contribution in [0.1, 0.15) is 17.4 Å². The van der Waals surface area contributed by atoms with E-state index in [0.29, 0.717) is 11.4 Å². The standard InChI is InChI=1S/C11H13F2N5O/c1-18-16-10(15-17-18)6-8(14)7-4-2-3-5-9(7)19-11(12)13/h2-5,8,11H,6,14H2,1H3. The van der Waals surface area contributed by atoms with E-state index in [0.717, 1.165) is 0 Å². The van der Waals surface area contributed by atoms with Crippen LogP contribution in [0.5, 0.6) is 5.75 Å². The predicted molar refractivity (Wildman–Crippen MR) is 62.5 cm³/mol. The maximum Gasteiger partial charge on any atom is 0.387 e. The molecule has 8 heteroatoms. The molecule has 102 valence electrons. The van der Waals surface area contributed by atoms with Crippen LogP contribution in [0, 0.1) is 0 Å². The van der Waals surface area contributed by atoms with Gasteiger partial charge in [-0.2, -0.15) is 13.6 Å². The number of nitrogens with two attached hydrogens (primary N) is 1. The van der Waals surface area contributed by atoms with Crippen LogP contribution in [0.4, 0.5) is 8.78 Å². The van der Waals surface area contributed by atoms with Crippen molar-refractivity contribution in [3.05, 3.63) is 35.7 Å². The lowest BCUT2D eigenvalue weighted by molar-refractivity contribution is -0.0506. The van der Waals surface area contributed by atoms with E-state index in [1.165, 1.54) is 10.9 Å². The molecule has 1 unspecified atom stereocenters. The number of halogens is 2. The molecule has 0 bridgehead atoms. The van der Waals surface area contributed by atoms with Gasteiger partial charge < -0.3 is 10.5 Å². The Kier molecular flexibility index (Phi) is 4.00. The number of para-hydroxylation sites is 1. The molecule has 2 rings (SSSR count). The first-order valence-electron chi connectivity index (χ1n) is 5.58. The lowest BCUT2D eigenvalue weighted by atomic mass is 10.0. The number of benzene rings is 1. The summed E-state index contributed by atoms with van der Waals surface area (Å²) in [4.78, 5) is 1.31. The van der Waals surface area contributed by atoms with Crippen LogP contribution in [-0.4, -0.2) is 26.8 Å². The summed E-state index contributed by atoms with van der Waals surface area (Å²) in [7, 11) is 1.63. The molecule has 1 heterocycles. The fraction of sp³-hybridized carbons (Fsp3) is 0.364. The second-order valence-corrected chi connectivity index (χ2v) is 3.92. The number of ether oxygens (including phenoxy) is 1. The molecule has 2 N–H and O–H groups in total. The quantitative estimate of drug-likeness (QED) is 0.877. The van der Waals surface area contributed by atoms with Crippen LogP contribution in [0.2, 0.25) is 0 Å². The third kappa shape index (κ3) is 3.44. The molecule has 0 spiro atoms. The normalized spacial score (nSPS) is 12.7. The average Bonchev–Trinajstić information content (AvgIpc) is 2.74. The molecule has 0 aliphatic carbocycles.